The van der Waals surface area contributed by atoms with Gasteiger partial charge < -0.3 is 10.1 Å². The van der Waals surface area contributed by atoms with Crippen LogP contribution in [0.2, 0.25) is 5.02 Å². The third kappa shape index (κ3) is 4.15. The lowest BCUT2D eigenvalue weighted by Crippen LogP contribution is -2.44. The summed E-state index contributed by atoms with van der Waals surface area (Å²) in [4.78, 5) is 10.8. The number of halogens is 1. The van der Waals surface area contributed by atoms with E-state index in [9.17, 15) is 10.1 Å². The normalized spacial score (nSPS) is 22.2. The number of nitrogens with one attached hydrogen (secondary N) is 1. The predicted octanol–water partition coefficient (Wildman–Crippen LogP) is 3.20. The zero-order valence-corrected chi connectivity index (χ0v) is 12.9. The van der Waals surface area contributed by atoms with Gasteiger partial charge in [0.25, 0.3) is 5.69 Å². The third-order valence-corrected chi connectivity index (χ3v) is 4.24. The quantitative estimate of drug-likeness (QED) is 0.647. The first-order valence-corrected chi connectivity index (χ1v) is 7.74. The van der Waals surface area contributed by atoms with Crippen molar-refractivity contribution in [2.24, 2.45) is 5.92 Å². The summed E-state index contributed by atoms with van der Waals surface area (Å²) in [5.41, 5.74) is 0.713. The number of nitro groups is 1. The Bertz CT molecular complexity index is 496. The van der Waals surface area contributed by atoms with Gasteiger partial charge in [-0.05, 0) is 31.9 Å². The number of hydrogen-bond acceptors (Lipinski definition) is 4. The summed E-state index contributed by atoms with van der Waals surface area (Å²) in [6.45, 7) is 4.43. The molecule has 21 heavy (non-hydrogen) atoms. The van der Waals surface area contributed by atoms with Crippen LogP contribution in [0.5, 0.6) is 0 Å². The van der Waals surface area contributed by atoms with Crippen LogP contribution >= 0.6 is 11.6 Å². The molecule has 1 aromatic rings. The Morgan fingerprint density at radius 3 is 3.05 bits per heavy atom. The van der Waals surface area contributed by atoms with E-state index < -0.39 is 0 Å². The topological polar surface area (TPSA) is 64.4 Å². The van der Waals surface area contributed by atoms with E-state index in [1.165, 1.54) is 6.07 Å². The smallest absolute Gasteiger partial charge is 0.274 e. The average molecular weight is 313 g/mol. The van der Waals surface area contributed by atoms with Gasteiger partial charge in [-0.15, -0.1) is 0 Å². The first-order chi connectivity index (χ1) is 10.1. The molecular formula is C15H21ClN2O3. The maximum absolute atomic E-state index is 11.2. The van der Waals surface area contributed by atoms with Crippen molar-refractivity contribution < 1.29 is 9.66 Å². The molecule has 0 bridgehead atoms. The van der Waals surface area contributed by atoms with Crippen LogP contribution < -0.4 is 5.32 Å². The second-order valence-corrected chi connectivity index (χ2v) is 5.79. The van der Waals surface area contributed by atoms with E-state index in [0.29, 0.717) is 29.7 Å². The Balaban J connectivity index is 2.17. The minimum atomic E-state index is -0.362. The molecule has 1 aliphatic heterocycles. The van der Waals surface area contributed by atoms with Crippen molar-refractivity contribution >= 4 is 17.3 Å². The molecule has 6 heteroatoms. The molecule has 1 heterocycles. The highest BCUT2D eigenvalue weighted by Gasteiger charge is 2.28. The summed E-state index contributed by atoms with van der Waals surface area (Å²) in [7, 11) is 0. The van der Waals surface area contributed by atoms with Crippen molar-refractivity contribution in [1.29, 1.82) is 0 Å². The molecule has 0 saturated carbocycles. The fourth-order valence-corrected chi connectivity index (χ4v) is 3.03. The van der Waals surface area contributed by atoms with Gasteiger partial charge in [0.15, 0.2) is 0 Å². The van der Waals surface area contributed by atoms with Gasteiger partial charge in [-0.3, -0.25) is 10.1 Å². The molecule has 0 spiro atoms. The van der Waals surface area contributed by atoms with E-state index >= 15 is 0 Å². The molecule has 1 fully saturated rings. The number of rotatable bonds is 6. The lowest BCUT2D eigenvalue weighted by atomic mass is 9.88. The van der Waals surface area contributed by atoms with Crippen LogP contribution in [0, 0.1) is 16.0 Å². The first kappa shape index (κ1) is 16.2. The van der Waals surface area contributed by atoms with Crippen LogP contribution in [0.25, 0.3) is 0 Å². The molecule has 1 aliphatic rings. The fourth-order valence-electron chi connectivity index (χ4n) is 2.78. The summed E-state index contributed by atoms with van der Waals surface area (Å²) in [6, 6.07) is 5.17. The van der Waals surface area contributed by atoms with Crippen molar-refractivity contribution in [3.05, 3.63) is 38.9 Å². The minimum absolute atomic E-state index is 0.0994. The first-order valence-electron chi connectivity index (χ1n) is 7.36. The van der Waals surface area contributed by atoms with Gasteiger partial charge >= 0.3 is 0 Å². The Kier molecular flexibility index (Phi) is 5.96. The van der Waals surface area contributed by atoms with Gasteiger partial charge in [-0.2, -0.15) is 0 Å². The highest BCUT2D eigenvalue weighted by Crippen LogP contribution is 2.31. The van der Waals surface area contributed by atoms with E-state index in [2.05, 4.69) is 12.2 Å². The van der Waals surface area contributed by atoms with E-state index in [0.717, 1.165) is 26.0 Å². The maximum atomic E-state index is 11.2. The van der Waals surface area contributed by atoms with Gasteiger partial charge in [0, 0.05) is 30.2 Å². The lowest BCUT2D eigenvalue weighted by Gasteiger charge is -2.32. The van der Waals surface area contributed by atoms with Crippen LogP contribution in [0.15, 0.2) is 18.2 Å². The molecule has 2 rings (SSSR count). The number of benzene rings is 1. The molecule has 0 amide bonds. The summed E-state index contributed by atoms with van der Waals surface area (Å²) in [5, 5.41) is 15.1. The highest BCUT2D eigenvalue weighted by atomic mass is 35.5. The second kappa shape index (κ2) is 7.73. The Labute approximate surface area is 129 Å². The molecule has 1 saturated heterocycles. The molecule has 1 N–H and O–H groups in total. The largest absolute Gasteiger partial charge is 0.381 e. The predicted molar refractivity (Wildman–Crippen MR) is 82.8 cm³/mol. The van der Waals surface area contributed by atoms with E-state index in [1.807, 2.05) is 0 Å². The number of ether oxygens (including phenoxy) is 1. The highest BCUT2D eigenvalue weighted by molar-refractivity contribution is 6.31. The van der Waals surface area contributed by atoms with Crippen molar-refractivity contribution in [3.8, 4) is 0 Å². The van der Waals surface area contributed by atoms with Crippen molar-refractivity contribution in [3.63, 3.8) is 0 Å². The van der Waals surface area contributed by atoms with Crippen LogP contribution in [-0.2, 0) is 11.2 Å². The molecule has 2 atom stereocenters. The molecule has 116 valence electrons. The van der Waals surface area contributed by atoms with Gasteiger partial charge in [-0.1, -0.05) is 24.6 Å². The van der Waals surface area contributed by atoms with Gasteiger partial charge in [-0.25, -0.2) is 0 Å². The van der Waals surface area contributed by atoms with Crippen molar-refractivity contribution in [2.75, 3.05) is 19.8 Å². The van der Waals surface area contributed by atoms with Gasteiger partial charge in [0.1, 0.15) is 0 Å². The van der Waals surface area contributed by atoms with Crippen molar-refractivity contribution in [1.82, 2.24) is 5.32 Å². The SMILES string of the molecule is CCCNC1CCOCC1Cc1c(Cl)cccc1[N+](=O)[O-]. The molecule has 5 nitrogen and oxygen atoms in total. The second-order valence-electron chi connectivity index (χ2n) is 5.38. The molecular weight excluding hydrogens is 292 g/mol. The van der Waals surface area contributed by atoms with Crippen LogP contribution in [0.4, 0.5) is 5.69 Å². The van der Waals surface area contributed by atoms with E-state index in [1.54, 1.807) is 12.1 Å². The van der Waals surface area contributed by atoms with Crippen LogP contribution in [0.3, 0.4) is 0 Å². The van der Waals surface area contributed by atoms with Crippen LogP contribution in [-0.4, -0.2) is 30.7 Å². The summed E-state index contributed by atoms with van der Waals surface area (Å²) >= 11 is 6.18. The number of nitrogens with zero attached hydrogens (tertiary/aromatic N) is 1. The summed E-state index contributed by atoms with van der Waals surface area (Å²) in [6.07, 6.45) is 2.57. The Morgan fingerprint density at radius 1 is 1.52 bits per heavy atom. The van der Waals surface area contributed by atoms with Crippen LogP contribution in [0.1, 0.15) is 25.3 Å². The average Bonchev–Trinajstić information content (AvgIpc) is 2.48. The van der Waals surface area contributed by atoms with Gasteiger partial charge in [0.2, 0.25) is 0 Å². The molecule has 0 radical (unpaired) electrons. The standard InChI is InChI=1S/C15H21ClN2O3/c1-2-7-17-14-6-8-21-10-11(14)9-12-13(16)4-3-5-15(12)18(19)20/h3-5,11,14,17H,2,6-10H2,1H3. The molecule has 0 aromatic heterocycles. The maximum Gasteiger partial charge on any atom is 0.274 e. The fraction of sp³-hybridized carbons (Fsp3) is 0.600. The number of nitro benzene ring substituents is 1. The lowest BCUT2D eigenvalue weighted by molar-refractivity contribution is -0.385. The van der Waals surface area contributed by atoms with E-state index in [-0.39, 0.29) is 16.5 Å². The van der Waals surface area contributed by atoms with Gasteiger partial charge in [0.05, 0.1) is 16.6 Å². The summed E-state index contributed by atoms with van der Waals surface area (Å²) in [5.74, 6) is 0.212. The van der Waals surface area contributed by atoms with E-state index in [4.69, 9.17) is 16.3 Å². The number of hydrogen-bond donors (Lipinski definition) is 1. The molecule has 0 aliphatic carbocycles. The Hall–Kier alpha value is -1.17. The summed E-state index contributed by atoms with van der Waals surface area (Å²) < 4.78 is 5.55. The zero-order valence-electron chi connectivity index (χ0n) is 12.2. The Morgan fingerprint density at radius 2 is 2.33 bits per heavy atom. The zero-order chi connectivity index (χ0) is 15.2. The molecule has 2 unspecified atom stereocenters. The third-order valence-electron chi connectivity index (χ3n) is 3.89. The molecule has 1 aromatic carbocycles. The minimum Gasteiger partial charge on any atom is -0.381 e. The van der Waals surface area contributed by atoms with Crippen molar-refractivity contribution in [2.45, 2.75) is 32.2 Å². The monoisotopic (exact) mass is 312 g/mol.